The largest absolute Gasteiger partial charge is 0.480 e. The number of hydrogen-bond acceptors (Lipinski definition) is 5. The van der Waals surface area contributed by atoms with Crippen molar-refractivity contribution >= 4 is 34.6 Å². The number of carboxylic acids is 1. The number of carbonyl (C=O) groups excluding carboxylic acids is 3. The second kappa shape index (κ2) is 13.9. The van der Waals surface area contributed by atoms with Crippen molar-refractivity contribution in [3.8, 4) is 0 Å². The summed E-state index contributed by atoms with van der Waals surface area (Å²) in [6.07, 6.45) is 4.26. The highest BCUT2D eigenvalue weighted by Crippen LogP contribution is 2.20. The van der Waals surface area contributed by atoms with Gasteiger partial charge in [0, 0.05) is 29.9 Å². The zero-order valence-corrected chi connectivity index (χ0v) is 23.5. The molecule has 41 heavy (non-hydrogen) atoms. The maximum absolute atomic E-state index is 13.8. The first-order valence-electron chi connectivity index (χ1n) is 14.2. The molecule has 0 aliphatic carbocycles. The van der Waals surface area contributed by atoms with E-state index in [1.54, 1.807) is 13.1 Å². The molecule has 10 nitrogen and oxygen atoms in total. The van der Waals surface area contributed by atoms with E-state index in [1.165, 1.54) is 0 Å². The van der Waals surface area contributed by atoms with Gasteiger partial charge in [-0.25, -0.2) is 4.79 Å². The van der Waals surface area contributed by atoms with Crippen LogP contribution in [-0.4, -0.2) is 64.5 Å². The number of hydrogen-bond donors (Lipinski definition) is 6. The number of aromatic nitrogens is 1. The van der Waals surface area contributed by atoms with Gasteiger partial charge in [0.05, 0.1) is 6.04 Å². The predicted octanol–water partition coefficient (Wildman–Crippen LogP) is 2.29. The first-order valence-corrected chi connectivity index (χ1v) is 14.2. The molecule has 4 rings (SSSR count). The van der Waals surface area contributed by atoms with Crippen LogP contribution in [0.1, 0.15) is 44.2 Å². The lowest BCUT2D eigenvalue weighted by Crippen LogP contribution is -2.58. The van der Waals surface area contributed by atoms with Crippen molar-refractivity contribution in [1.29, 1.82) is 0 Å². The fraction of sp³-hybridized carbons (Fsp3) is 0.419. The molecule has 1 aliphatic heterocycles. The number of nitrogens with one attached hydrogen (secondary N) is 5. The minimum atomic E-state index is -1.14. The normalized spacial score (nSPS) is 17.8. The molecule has 0 saturated carbocycles. The van der Waals surface area contributed by atoms with Crippen LogP contribution in [0.3, 0.4) is 0 Å². The van der Waals surface area contributed by atoms with Crippen LogP contribution in [0, 0.1) is 5.92 Å². The van der Waals surface area contributed by atoms with Gasteiger partial charge in [0.1, 0.15) is 18.1 Å². The lowest BCUT2D eigenvalue weighted by molar-refractivity contribution is -0.143. The Morgan fingerprint density at radius 1 is 0.927 bits per heavy atom. The number of fused-ring (bicyclic) bond motifs is 1. The fourth-order valence-electron chi connectivity index (χ4n) is 5.18. The maximum Gasteiger partial charge on any atom is 0.326 e. The van der Waals surface area contributed by atoms with E-state index < -0.39 is 35.9 Å². The predicted molar refractivity (Wildman–Crippen MR) is 156 cm³/mol. The lowest BCUT2D eigenvalue weighted by Gasteiger charge is -2.26. The van der Waals surface area contributed by atoms with E-state index in [9.17, 15) is 24.3 Å². The van der Waals surface area contributed by atoms with Gasteiger partial charge in [0.2, 0.25) is 17.7 Å². The van der Waals surface area contributed by atoms with E-state index in [1.807, 2.05) is 61.5 Å². The van der Waals surface area contributed by atoms with Crippen LogP contribution in [0.15, 0.2) is 60.8 Å². The number of H-pyrrole nitrogens is 1. The molecular weight excluding hydrogens is 522 g/mol. The smallest absolute Gasteiger partial charge is 0.326 e. The summed E-state index contributed by atoms with van der Waals surface area (Å²) in [6, 6.07) is 13.5. The van der Waals surface area contributed by atoms with Gasteiger partial charge in [-0.2, -0.15) is 0 Å². The van der Waals surface area contributed by atoms with E-state index in [4.69, 9.17) is 0 Å². The van der Waals surface area contributed by atoms with Crippen molar-refractivity contribution in [2.75, 3.05) is 6.54 Å². The SMILES string of the molecule is CCC(C)C(NC(=O)C(Cc1c[nH]c2ccccc12)NC(=O)C(Cc1ccccc1)NC(=O)C1CCCN1)C(=O)O. The number of rotatable bonds is 13. The van der Waals surface area contributed by atoms with Crippen LogP contribution in [0.5, 0.6) is 0 Å². The summed E-state index contributed by atoms with van der Waals surface area (Å²) in [5.74, 6) is -2.83. The maximum atomic E-state index is 13.8. The van der Waals surface area contributed by atoms with E-state index >= 15 is 0 Å². The summed E-state index contributed by atoms with van der Waals surface area (Å²) >= 11 is 0. The number of carboxylic acid groups (broad SMARTS) is 1. The Hall–Kier alpha value is -4.18. The van der Waals surface area contributed by atoms with Crippen LogP contribution >= 0.6 is 0 Å². The highest BCUT2D eigenvalue weighted by atomic mass is 16.4. The Kier molecular flexibility index (Phi) is 10.1. The van der Waals surface area contributed by atoms with E-state index in [0.29, 0.717) is 12.8 Å². The monoisotopic (exact) mass is 561 g/mol. The molecule has 0 spiro atoms. The Balaban J connectivity index is 1.59. The zero-order chi connectivity index (χ0) is 29.4. The Labute approximate surface area is 239 Å². The molecule has 10 heteroatoms. The number of benzene rings is 2. The average molecular weight is 562 g/mol. The Bertz CT molecular complexity index is 1350. The lowest BCUT2D eigenvalue weighted by atomic mass is 9.97. The van der Waals surface area contributed by atoms with Crippen LogP contribution < -0.4 is 21.3 Å². The molecular formula is C31H39N5O5. The summed E-state index contributed by atoms with van der Waals surface area (Å²) in [6.45, 7) is 4.35. The molecule has 218 valence electrons. The average Bonchev–Trinajstić information content (AvgIpc) is 3.66. The zero-order valence-electron chi connectivity index (χ0n) is 23.5. The van der Waals surface area contributed by atoms with E-state index in [0.717, 1.165) is 35.0 Å². The van der Waals surface area contributed by atoms with Crippen molar-refractivity contribution in [2.24, 2.45) is 5.92 Å². The molecule has 0 bridgehead atoms. The van der Waals surface area contributed by atoms with Crippen molar-refractivity contribution in [1.82, 2.24) is 26.3 Å². The second-order valence-electron chi connectivity index (χ2n) is 10.7. The fourth-order valence-corrected chi connectivity index (χ4v) is 5.18. The molecule has 1 saturated heterocycles. The summed E-state index contributed by atoms with van der Waals surface area (Å²) in [7, 11) is 0. The molecule has 5 atom stereocenters. The van der Waals surface area contributed by atoms with Gasteiger partial charge < -0.3 is 31.4 Å². The summed E-state index contributed by atoms with van der Waals surface area (Å²) < 4.78 is 0. The van der Waals surface area contributed by atoms with Gasteiger partial charge in [-0.15, -0.1) is 0 Å². The van der Waals surface area contributed by atoms with Gasteiger partial charge in [-0.05, 0) is 42.5 Å². The molecule has 2 aromatic carbocycles. The minimum absolute atomic E-state index is 0.130. The number of para-hydroxylation sites is 1. The molecule has 0 radical (unpaired) electrons. The third-order valence-electron chi connectivity index (χ3n) is 7.80. The van der Waals surface area contributed by atoms with Gasteiger partial charge in [0.25, 0.3) is 0 Å². The van der Waals surface area contributed by atoms with Crippen molar-refractivity contribution in [3.63, 3.8) is 0 Å². The topological polar surface area (TPSA) is 152 Å². The van der Waals surface area contributed by atoms with Gasteiger partial charge in [-0.1, -0.05) is 68.8 Å². The van der Waals surface area contributed by atoms with Crippen molar-refractivity contribution < 1.29 is 24.3 Å². The second-order valence-corrected chi connectivity index (χ2v) is 10.7. The molecule has 3 aromatic rings. The number of aromatic amines is 1. The van der Waals surface area contributed by atoms with Crippen LogP contribution in [-0.2, 0) is 32.0 Å². The third-order valence-corrected chi connectivity index (χ3v) is 7.80. The number of carbonyl (C=O) groups is 4. The number of aliphatic carboxylic acids is 1. The summed E-state index contributed by atoms with van der Waals surface area (Å²) in [5.41, 5.74) is 2.54. The van der Waals surface area contributed by atoms with E-state index in [-0.39, 0.29) is 30.7 Å². The third kappa shape index (κ3) is 7.73. The summed E-state index contributed by atoms with van der Waals surface area (Å²) in [5, 5.41) is 22.2. The highest BCUT2D eigenvalue weighted by Gasteiger charge is 2.33. The van der Waals surface area contributed by atoms with Crippen LogP contribution in [0.4, 0.5) is 0 Å². The van der Waals surface area contributed by atoms with Gasteiger partial charge in [-0.3, -0.25) is 14.4 Å². The van der Waals surface area contributed by atoms with Crippen LogP contribution in [0.2, 0.25) is 0 Å². The van der Waals surface area contributed by atoms with E-state index in [2.05, 4.69) is 26.3 Å². The molecule has 1 aliphatic rings. The molecule has 2 heterocycles. The van der Waals surface area contributed by atoms with Crippen LogP contribution in [0.25, 0.3) is 10.9 Å². The first kappa shape index (κ1) is 29.8. The minimum Gasteiger partial charge on any atom is -0.480 e. The standard InChI is InChI=1S/C31H39N5O5/c1-3-19(2)27(31(40)41)36-30(39)26(17-21-18-33-23-13-8-7-12-22(21)23)35-29(38)25(16-20-10-5-4-6-11-20)34-28(37)24-14-9-15-32-24/h4-8,10-13,18-19,24-27,32-33H,3,9,14-17H2,1-2H3,(H,34,37)(H,35,38)(H,36,39)(H,40,41). The van der Waals surface area contributed by atoms with Crippen molar-refractivity contribution in [2.45, 2.75) is 70.1 Å². The Morgan fingerprint density at radius 2 is 1.61 bits per heavy atom. The van der Waals surface area contributed by atoms with Gasteiger partial charge >= 0.3 is 5.97 Å². The highest BCUT2D eigenvalue weighted by molar-refractivity contribution is 5.95. The molecule has 6 N–H and O–H groups in total. The van der Waals surface area contributed by atoms with Crippen molar-refractivity contribution in [3.05, 3.63) is 71.9 Å². The molecule has 5 unspecified atom stereocenters. The molecule has 1 fully saturated rings. The first-order chi connectivity index (χ1) is 19.8. The quantitative estimate of drug-likeness (QED) is 0.188. The number of amides is 3. The summed E-state index contributed by atoms with van der Waals surface area (Å²) in [4.78, 5) is 55.5. The molecule has 3 amide bonds. The molecule has 1 aromatic heterocycles. The van der Waals surface area contributed by atoms with Gasteiger partial charge in [0.15, 0.2) is 0 Å². The Morgan fingerprint density at radius 3 is 2.29 bits per heavy atom.